The second kappa shape index (κ2) is 11.9. The zero-order chi connectivity index (χ0) is 29.1. The maximum atomic E-state index is 13.0. The lowest BCUT2D eigenvalue weighted by Gasteiger charge is -2.22. The van der Waals surface area contributed by atoms with Gasteiger partial charge < -0.3 is 4.90 Å². The molecular weight excluding hydrogens is 525 g/mol. The van der Waals surface area contributed by atoms with Gasteiger partial charge in [-0.3, -0.25) is 4.79 Å². The molecule has 5 nitrogen and oxygen atoms in total. The van der Waals surface area contributed by atoms with Crippen molar-refractivity contribution in [3.8, 4) is 11.1 Å². The Kier molecular flexibility index (Phi) is 9.28. The molecule has 0 bridgehead atoms. The number of hydrogen-bond donors (Lipinski definition) is 1. The normalized spacial score (nSPS) is 12.4. The summed E-state index contributed by atoms with van der Waals surface area (Å²) < 4.78 is 67.2. The number of benzene rings is 3. The van der Waals surface area contributed by atoms with E-state index in [2.05, 4.69) is 4.72 Å². The maximum absolute atomic E-state index is 13.0. The number of sulfonamides is 1. The first-order chi connectivity index (χ1) is 18.1. The number of amides is 1. The van der Waals surface area contributed by atoms with Crippen molar-refractivity contribution in [2.45, 2.75) is 63.6 Å². The topological polar surface area (TPSA) is 66.5 Å². The van der Waals surface area contributed by atoms with Crippen LogP contribution in [0.15, 0.2) is 65.6 Å². The molecule has 1 N–H and O–H groups in total. The fourth-order valence-electron chi connectivity index (χ4n) is 4.51. The van der Waals surface area contributed by atoms with E-state index in [4.69, 9.17) is 0 Å². The van der Waals surface area contributed by atoms with Gasteiger partial charge in [-0.15, -0.1) is 0 Å². The Labute approximate surface area is 229 Å². The summed E-state index contributed by atoms with van der Waals surface area (Å²) in [4.78, 5) is 15.0. The summed E-state index contributed by atoms with van der Waals surface area (Å²) in [7, 11) is -0.234. The van der Waals surface area contributed by atoms with Crippen LogP contribution in [0.5, 0.6) is 0 Å². The Morgan fingerprint density at radius 2 is 1.36 bits per heavy atom. The number of halogens is 3. The van der Waals surface area contributed by atoms with E-state index in [1.807, 2.05) is 58.8 Å². The van der Waals surface area contributed by atoms with Gasteiger partial charge in [-0.2, -0.15) is 13.2 Å². The van der Waals surface area contributed by atoms with Crippen LogP contribution >= 0.6 is 0 Å². The molecule has 0 heterocycles. The van der Waals surface area contributed by atoms with E-state index >= 15 is 0 Å². The van der Waals surface area contributed by atoms with Gasteiger partial charge in [-0.05, 0) is 83.6 Å². The third-order valence-electron chi connectivity index (χ3n) is 6.43. The van der Waals surface area contributed by atoms with E-state index in [0.29, 0.717) is 12.1 Å². The summed E-state index contributed by atoms with van der Waals surface area (Å²) in [6.45, 7) is 8.50. The van der Waals surface area contributed by atoms with E-state index in [0.717, 1.165) is 39.9 Å². The van der Waals surface area contributed by atoms with Gasteiger partial charge in [-0.25, -0.2) is 13.1 Å². The highest BCUT2D eigenvalue weighted by Crippen LogP contribution is 2.36. The van der Waals surface area contributed by atoms with Gasteiger partial charge in [-0.1, -0.05) is 64.1 Å². The quantitative estimate of drug-likeness (QED) is 0.315. The van der Waals surface area contributed by atoms with Crippen molar-refractivity contribution in [3.05, 3.63) is 88.5 Å². The van der Waals surface area contributed by atoms with Gasteiger partial charge >= 0.3 is 6.18 Å². The number of carbonyl (C=O) groups excluding carboxylic acids is 1. The lowest BCUT2D eigenvalue weighted by Crippen LogP contribution is -2.32. The van der Waals surface area contributed by atoms with Crippen LogP contribution in [0.1, 0.15) is 67.3 Å². The fraction of sp³-hybridized carbons (Fsp3) is 0.367. The molecule has 0 spiro atoms. The predicted molar refractivity (Wildman–Crippen MR) is 148 cm³/mol. The molecule has 0 aliphatic rings. The number of nitrogens with one attached hydrogen (secondary N) is 1. The third-order valence-corrected chi connectivity index (χ3v) is 7.82. The Balaban J connectivity index is 1.92. The minimum absolute atomic E-state index is 0.00386. The van der Waals surface area contributed by atoms with Crippen LogP contribution in [0.4, 0.5) is 13.2 Å². The summed E-state index contributed by atoms with van der Waals surface area (Å²) in [5, 5.41) is 0. The average molecular weight is 561 g/mol. The van der Waals surface area contributed by atoms with E-state index in [1.54, 1.807) is 12.1 Å². The molecule has 0 saturated carbocycles. The molecule has 0 saturated heterocycles. The molecule has 0 aliphatic carbocycles. The highest BCUT2D eigenvalue weighted by Gasteiger charge is 2.30. The molecule has 0 unspecified atom stereocenters. The molecule has 0 radical (unpaired) electrons. The van der Waals surface area contributed by atoms with Crippen LogP contribution in [0.3, 0.4) is 0 Å². The summed E-state index contributed by atoms with van der Waals surface area (Å²) in [5.41, 5.74) is 4.01. The lowest BCUT2D eigenvalue weighted by molar-refractivity contribution is -0.137. The molecule has 0 fully saturated rings. The van der Waals surface area contributed by atoms with Gasteiger partial charge in [0.15, 0.2) is 0 Å². The van der Waals surface area contributed by atoms with Gasteiger partial charge in [0.2, 0.25) is 5.91 Å². The fourth-order valence-corrected chi connectivity index (χ4v) is 5.50. The standard InChI is InChI=1S/C30H35F3N2O3S/c1-19(2)26-15-23(22-9-11-24(12-10-22)30(31,32)33)16-27(20(3)4)28(26)17-29(36)34-39(37,38)25-13-7-21(8-14-25)18-35(5)6/h7-16,19-20H,17-18H2,1-6H3,(H,34,36). The second-order valence-corrected chi connectivity index (χ2v) is 12.3. The monoisotopic (exact) mass is 560 g/mol. The summed E-state index contributed by atoms with van der Waals surface area (Å²) >= 11 is 0. The van der Waals surface area contributed by atoms with E-state index in [-0.39, 0.29) is 23.2 Å². The molecule has 0 aromatic heterocycles. The van der Waals surface area contributed by atoms with E-state index in [1.165, 1.54) is 24.3 Å². The van der Waals surface area contributed by atoms with Crippen LogP contribution in [0.2, 0.25) is 0 Å². The lowest BCUT2D eigenvalue weighted by atomic mass is 9.84. The Hall–Kier alpha value is -3.17. The number of carbonyl (C=O) groups is 1. The van der Waals surface area contributed by atoms with Crippen molar-refractivity contribution >= 4 is 15.9 Å². The van der Waals surface area contributed by atoms with Gasteiger partial charge in [0.05, 0.1) is 16.9 Å². The minimum atomic E-state index is -4.42. The Bertz CT molecular complexity index is 1380. The molecule has 3 aromatic carbocycles. The van der Waals surface area contributed by atoms with Crippen molar-refractivity contribution in [3.63, 3.8) is 0 Å². The SMILES string of the molecule is CC(C)c1cc(-c2ccc(C(F)(F)F)cc2)cc(C(C)C)c1CC(=O)NS(=O)(=O)c1ccc(CN(C)C)cc1. The van der Waals surface area contributed by atoms with Crippen LogP contribution in [-0.4, -0.2) is 33.3 Å². The molecular formula is C30H35F3N2O3S. The van der Waals surface area contributed by atoms with Gasteiger partial charge in [0.1, 0.15) is 0 Å². The smallest absolute Gasteiger partial charge is 0.305 e. The highest BCUT2D eigenvalue weighted by molar-refractivity contribution is 7.90. The van der Waals surface area contributed by atoms with E-state index in [9.17, 15) is 26.4 Å². The van der Waals surface area contributed by atoms with Crippen LogP contribution in [-0.2, 0) is 34.0 Å². The predicted octanol–water partition coefficient (Wildman–Crippen LogP) is 6.73. The van der Waals surface area contributed by atoms with Crippen molar-refractivity contribution < 1.29 is 26.4 Å². The Morgan fingerprint density at radius 1 is 0.846 bits per heavy atom. The first kappa shape index (κ1) is 30.4. The summed E-state index contributed by atoms with van der Waals surface area (Å²) in [6, 6.07) is 15.1. The molecule has 9 heteroatoms. The number of rotatable bonds is 9. The van der Waals surface area contributed by atoms with Crippen LogP contribution in [0.25, 0.3) is 11.1 Å². The summed E-state index contributed by atoms with van der Waals surface area (Å²) in [6.07, 6.45) is -4.57. The first-order valence-electron chi connectivity index (χ1n) is 12.7. The van der Waals surface area contributed by atoms with Gasteiger partial charge in [0.25, 0.3) is 10.0 Å². The molecule has 3 aromatic rings. The average Bonchev–Trinajstić information content (AvgIpc) is 2.83. The molecule has 39 heavy (non-hydrogen) atoms. The van der Waals surface area contributed by atoms with Crippen molar-refractivity contribution in [2.75, 3.05) is 14.1 Å². The largest absolute Gasteiger partial charge is 0.416 e. The van der Waals surface area contributed by atoms with Crippen LogP contribution < -0.4 is 4.72 Å². The molecule has 3 rings (SSSR count). The maximum Gasteiger partial charge on any atom is 0.416 e. The molecule has 0 aliphatic heterocycles. The zero-order valence-corrected chi connectivity index (χ0v) is 23.9. The van der Waals surface area contributed by atoms with Crippen molar-refractivity contribution in [1.82, 2.24) is 9.62 Å². The first-order valence-corrected chi connectivity index (χ1v) is 14.2. The van der Waals surface area contributed by atoms with Gasteiger partial charge in [0, 0.05) is 6.54 Å². The third kappa shape index (κ3) is 7.70. The molecule has 210 valence electrons. The number of nitrogens with zero attached hydrogens (tertiary/aromatic N) is 1. The molecule has 1 amide bonds. The van der Waals surface area contributed by atoms with E-state index < -0.39 is 27.7 Å². The summed E-state index contributed by atoms with van der Waals surface area (Å²) in [5.74, 6) is -0.681. The number of alkyl halides is 3. The number of hydrogen-bond acceptors (Lipinski definition) is 4. The van der Waals surface area contributed by atoms with Crippen LogP contribution in [0, 0.1) is 0 Å². The second-order valence-electron chi connectivity index (χ2n) is 10.6. The van der Waals surface area contributed by atoms with Crippen molar-refractivity contribution in [1.29, 1.82) is 0 Å². The zero-order valence-electron chi connectivity index (χ0n) is 23.1. The van der Waals surface area contributed by atoms with Crippen molar-refractivity contribution in [2.24, 2.45) is 0 Å². The Morgan fingerprint density at radius 3 is 1.79 bits per heavy atom. The minimum Gasteiger partial charge on any atom is -0.305 e. The highest BCUT2D eigenvalue weighted by atomic mass is 32.2. The molecule has 0 atom stereocenters.